The molecule has 2 rings (SSSR count). The normalized spacial score (nSPS) is 15.1. The molecule has 5 nitrogen and oxygen atoms in total. The number of aliphatic hydroxyl groups excluding tert-OH is 1. The average Bonchev–Trinajstić information content (AvgIpc) is 2.53. The van der Waals surface area contributed by atoms with E-state index in [1.54, 1.807) is 24.4 Å². The van der Waals surface area contributed by atoms with Crippen LogP contribution in [0, 0.1) is 0 Å². The first-order valence-electron chi connectivity index (χ1n) is 7.13. The Morgan fingerprint density at radius 2 is 2.23 bits per heavy atom. The third-order valence-corrected chi connectivity index (χ3v) is 3.58. The number of methoxy groups -OCH3 is 1. The number of nitrogens with zero attached hydrogens (tertiary/aromatic N) is 1. The predicted octanol–water partition coefficient (Wildman–Crippen LogP) is 3.79. The summed E-state index contributed by atoms with van der Waals surface area (Å²) in [4.78, 5) is 15.4. The Kier molecular flexibility index (Phi) is 4.99. The monoisotopic (exact) mass is 301 g/mol. The molecular formula is C17H19NO4. The predicted molar refractivity (Wildman–Crippen MR) is 84.9 cm³/mol. The number of hydrogen-bond acceptors (Lipinski definition) is 4. The molecule has 1 aliphatic carbocycles. The summed E-state index contributed by atoms with van der Waals surface area (Å²) >= 11 is 0. The molecule has 1 aromatic rings. The maximum Gasteiger partial charge on any atom is 0.335 e. The summed E-state index contributed by atoms with van der Waals surface area (Å²) in [7, 11) is 1.52. The standard InChI is InChI=1S/C17H19NO4/c1-3-11-7-8-12(17(20)21)9-14(11)18-10-13-5-4-6-15(22-2)16(13)19/h5,7-10,19H,3-4,6H2,1-2H3,(H,20,21). The van der Waals surface area contributed by atoms with Crippen molar-refractivity contribution in [2.45, 2.75) is 26.2 Å². The number of carboxylic acid groups (broad SMARTS) is 1. The topological polar surface area (TPSA) is 79.1 Å². The molecule has 1 aromatic carbocycles. The van der Waals surface area contributed by atoms with E-state index in [0.29, 0.717) is 23.4 Å². The van der Waals surface area contributed by atoms with E-state index in [-0.39, 0.29) is 11.3 Å². The summed E-state index contributed by atoms with van der Waals surface area (Å²) in [5.41, 5.74) is 2.33. The molecule has 5 heteroatoms. The quantitative estimate of drug-likeness (QED) is 0.811. The van der Waals surface area contributed by atoms with E-state index in [2.05, 4.69) is 4.99 Å². The molecule has 0 fully saturated rings. The summed E-state index contributed by atoms with van der Waals surface area (Å²) in [6.45, 7) is 1.98. The second-order valence-corrected chi connectivity index (χ2v) is 4.93. The molecule has 0 heterocycles. The highest BCUT2D eigenvalue weighted by Crippen LogP contribution is 2.25. The first kappa shape index (κ1) is 15.8. The maximum absolute atomic E-state index is 11.1. The van der Waals surface area contributed by atoms with Crippen molar-refractivity contribution < 1.29 is 19.7 Å². The lowest BCUT2D eigenvalue weighted by molar-refractivity contribution is 0.0697. The Bertz CT molecular complexity index is 671. The number of carbonyl (C=O) groups is 1. The lowest BCUT2D eigenvalue weighted by Gasteiger charge is -2.14. The molecule has 2 N–H and O–H groups in total. The summed E-state index contributed by atoms with van der Waals surface area (Å²) in [5, 5.41) is 19.1. The highest BCUT2D eigenvalue weighted by Gasteiger charge is 2.14. The molecule has 0 unspecified atom stereocenters. The van der Waals surface area contributed by atoms with Crippen molar-refractivity contribution in [3.05, 3.63) is 52.5 Å². The molecule has 0 spiro atoms. The fourth-order valence-electron chi connectivity index (χ4n) is 2.30. The zero-order chi connectivity index (χ0) is 16.1. The third kappa shape index (κ3) is 3.36. The van der Waals surface area contributed by atoms with Crippen LogP contribution in [0.25, 0.3) is 0 Å². The van der Waals surface area contributed by atoms with Crippen LogP contribution in [-0.2, 0) is 11.2 Å². The van der Waals surface area contributed by atoms with Gasteiger partial charge in [0, 0.05) is 18.2 Å². The van der Waals surface area contributed by atoms with Gasteiger partial charge in [0.25, 0.3) is 0 Å². The van der Waals surface area contributed by atoms with E-state index >= 15 is 0 Å². The highest BCUT2D eigenvalue weighted by atomic mass is 16.5. The van der Waals surface area contributed by atoms with Crippen LogP contribution in [-0.4, -0.2) is 29.5 Å². The van der Waals surface area contributed by atoms with Crippen LogP contribution >= 0.6 is 0 Å². The fourth-order valence-corrected chi connectivity index (χ4v) is 2.30. The molecule has 0 amide bonds. The van der Waals surface area contributed by atoms with E-state index in [1.807, 2.05) is 13.0 Å². The SMILES string of the molecule is CCc1ccc(C(=O)O)cc1N=CC1=CCCC(OC)=C1O. The maximum atomic E-state index is 11.1. The Morgan fingerprint density at radius 3 is 2.86 bits per heavy atom. The minimum atomic E-state index is -0.986. The van der Waals surface area contributed by atoms with E-state index < -0.39 is 5.97 Å². The van der Waals surface area contributed by atoms with Gasteiger partial charge in [0.05, 0.1) is 18.4 Å². The number of aromatic carboxylic acids is 1. The zero-order valence-electron chi connectivity index (χ0n) is 12.7. The molecule has 0 saturated heterocycles. The number of allylic oxidation sites excluding steroid dienone is 3. The Labute approximate surface area is 129 Å². The van der Waals surface area contributed by atoms with Gasteiger partial charge in [0.1, 0.15) is 5.76 Å². The van der Waals surface area contributed by atoms with Crippen molar-refractivity contribution in [2.24, 2.45) is 4.99 Å². The Morgan fingerprint density at radius 1 is 1.45 bits per heavy atom. The van der Waals surface area contributed by atoms with Crippen molar-refractivity contribution in [2.75, 3.05) is 7.11 Å². The molecule has 0 atom stereocenters. The summed E-state index contributed by atoms with van der Waals surface area (Å²) in [6, 6.07) is 4.88. The van der Waals surface area contributed by atoms with Crippen LogP contribution in [0.3, 0.4) is 0 Å². The van der Waals surface area contributed by atoms with Gasteiger partial charge in [0.2, 0.25) is 0 Å². The van der Waals surface area contributed by atoms with Gasteiger partial charge in [0.15, 0.2) is 5.76 Å². The van der Waals surface area contributed by atoms with Crippen molar-refractivity contribution in [3.63, 3.8) is 0 Å². The van der Waals surface area contributed by atoms with E-state index in [9.17, 15) is 9.90 Å². The van der Waals surface area contributed by atoms with Gasteiger partial charge in [-0.25, -0.2) is 4.79 Å². The number of aliphatic hydroxyl groups is 1. The van der Waals surface area contributed by atoms with Crippen LogP contribution in [0.1, 0.15) is 35.7 Å². The summed E-state index contributed by atoms with van der Waals surface area (Å²) in [6.07, 6.45) is 5.61. The smallest absolute Gasteiger partial charge is 0.335 e. The number of carboxylic acids is 1. The number of aryl methyl sites for hydroxylation is 1. The number of rotatable bonds is 5. The van der Waals surface area contributed by atoms with Crippen molar-refractivity contribution in [1.29, 1.82) is 0 Å². The van der Waals surface area contributed by atoms with Crippen LogP contribution in [0.15, 0.2) is 46.4 Å². The van der Waals surface area contributed by atoms with Crippen molar-refractivity contribution in [1.82, 2.24) is 0 Å². The van der Waals surface area contributed by atoms with Gasteiger partial charge in [-0.2, -0.15) is 0 Å². The van der Waals surface area contributed by atoms with Gasteiger partial charge in [-0.05, 0) is 30.5 Å². The summed E-state index contributed by atoms with van der Waals surface area (Å²) < 4.78 is 5.13. The van der Waals surface area contributed by atoms with E-state index in [1.165, 1.54) is 7.11 Å². The molecule has 0 saturated carbocycles. The fraction of sp³-hybridized carbons (Fsp3) is 0.294. The Balaban J connectivity index is 2.33. The van der Waals surface area contributed by atoms with Gasteiger partial charge >= 0.3 is 5.97 Å². The van der Waals surface area contributed by atoms with Crippen LogP contribution < -0.4 is 0 Å². The first-order valence-corrected chi connectivity index (χ1v) is 7.13. The van der Waals surface area contributed by atoms with Crippen molar-refractivity contribution in [3.8, 4) is 0 Å². The van der Waals surface area contributed by atoms with E-state index in [4.69, 9.17) is 9.84 Å². The molecule has 0 aromatic heterocycles. The van der Waals surface area contributed by atoms with Crippen LogP contribution in [0.5, 0.6) is 0 Å². The molecule has 22 heavy (non-hydrogen) atoms. The number of ether oxygens (including phenoxy) is 1. The lowest BCUT2D eigenvalue weighted by atomic mass is 10.0. The number of aliphatic imine (C=N–C) groups is 1. The Hall–Kier alpha value is -2.56. The van der Waals surface area contributed by atoms with Gasteiger partial charge in [-0.15, -0.1) is 0 Å². The van der Waals surface area contributed by atoms with Gasteiger partial charge < -0.3 is 14.9 Å². The second-order valence-electron chi connectivity index (χ2n) is 4.93. The minimum Gasteiger partial charge on any atom is -0.504 e. The van der Waals surface area contributed by atoms with Crippen molar-refractivity contribution >= 4 is 17.9 Å². The molecule has 116 valence electrons. The van der Waals surface area contributed by atoms with Crippen LogP contribution in [0.4, 0.5) is 5.69 Å². The zero-order valence-corrected chi connectivity index (χ0v) is 12.7. The highest BCUT2D eigenvalue weighted by molar-refractivity contribution is 5.90. The summed E-state index contributed by atoms with van der Waals surface area (Å²) in [5.74, 6) is -0.357. The minimum absolute atomic E-state index is 0.0879. The number of benzene rings is 1. The second kappa shape index (κ2) is 6.93. The molecule has 0 bridgehead atoms. The van der Waals surface area contributed by atoms with E-state index in [0.717, 1.165) is 18.4 Å². The lowest BCUT2D eigenvalue weighted by Crippen LogP contribution is -2.03. The molecule has 0 aliphatic heterocycles. The average molecular weight is 301 g/mol. The molecular weight excluding hydrogens is 282 g/mol. The van der Waals surface area contributed by atoms with Gasteiger partial charge in [-0.1, -0.05) is 19.1 Å². The first-order chi connectivity index (χ1) is 10.6. The third-order valence-electron chi connectivity index (χ3n) is 3.58. The number of hydrogen-bond donors (Lipinski definition) is 2. The largest absolute Gasteiger partial charge is 0.504 e. The molecule has 1 aliphatic rings. The van der Waals surface area contributed by atoms with Crippen LogP contribution in [0.2, 0.25) is 0 Å². The van der Waals surface area contributed by atoms with Gasteiger partial charge in [-0.3, -0.25) is 4.99 Å². The molecule has 0 radical (unpaired) electrons.